The van der Waals surface area contributed by atoms with Crippen LogP contribution in [0.15, 0.2) is 18.2 Å². The number of hydrogen-bond acceptors (Lipinski definition) is 3. The second-order valence-corrected chi connectivity index (χ2v) is 8.05. The second kappa shape index (κ2) is 6.83. The van der Waals surface area contributed by atoms with Crippen LogP contribution in [0.2, 0.25) is 0 Å². The Bertz CT molecular complexity index is 627. The van der Waals surface area contributed by atoms with E-state index in [0.29, 0.717) is 6.41 Å². The summed E-state index contributed by atoms with van der Waals surface area (Å²) in [6, 6.07) is 4.83. The number of anilines is 1. The number of phenolic OH excluding ortho intramolecular Hbond substituents is 1. The summed E-state index contributed by atoms with van der Waals surface area (Å²) < 4.78 is 0. The van der Waals surface area contributed by atoms with Crippen molar-refractivity contribution in [2.24, 2.45) is 10.8 Å². The van der Waals surface area contributed by atoms with Gasteiger partial charge in [0, 0.05) is 6.04 Å². The third-order valence-electron chi connectivity index (χ3n) is 5.13. The summed E-state index contributed by atoms with van der Waals surface area (Å²) in [5, 5.41) is 15.7. The maximum absolute atomic E-state index is 12.6. The molecule has 2 amide bonds. The zero-order chi connectivity index (χ0) is 18.0. The monoisotopic (exact) mass is 332 g/mol. The number of carbonyl (C=O) groups excluding carboxylic acids is 2. The standard InChI is InChI=1S/C19H28N2O3/c1-5-19(4)10-13(9-18(2,3)11-19)21-17(24)14-7-6-8-15(16(14)23)20-12-22/h6-8,12-13,23H,5,9-11H2,1-4H3,(H,20,22)(H,21,24). The van der Waals surface area contributed by atoms with Gasteiger partial charge < -0.3 is 15.7 Å². The highest BCUT2D eigenvalue weighted by molar-refractivity contribution is 5.99. The highest BCUT2D eigenvalue weighted by atomic mass is 16.3. The number of aromatic hydroxyl groups is 1. The van der Waals surface area contributed by atoms with Gasteiger partial charge in [-0.15, -0.1) is 0 Å². The van der Waals surface area contributed by atoms with Crippen LogP contribution in [0.5, 0.6) is 5.75 Å². The molecular weight excluding hydrogens is 304 g/mol. The summed E-state index contributed by atoms with van der Waals surface area (Å²) in [5.41, 5.74) is 0.801. The van der Waals surface area contributed by atoms with E-state index in [9.17, 15) is 14.7 Å². The molecule has 2 atom stereocenters. The fourth-order valence-corrected chi connectivity index (χ4v) is 4.17. The normalized spacial score (nSPS) is 25.8. The summed E-state index contributed by atoms with van der Waals surface area (Å²) in [4.78, 5) is 23.2. The molecule has 24 heavy (non-hydrogen) atoms. The van der Waals surface area contributed by atoms with Crippen LogP contribution in [0.1, 0.15) is 63.7 Å². The Morgan fingerprint density at radius 1 is 1.33 bits per heavy atom. The third-order valence-corrected chi connectivity index (χ3v) is 5.13. The number of amides is 2. The number of benzene rings is 1. The number of hydrogen-bond donors (Lipinski definition) is 3. The van der Waals surface area contributed by atoms with Crippen molar-refractivity contribution in [2.75, 3.05) is 5.32 Å². The van der Waals surface area contributed by atoms with E-state index in [1.165, 1.54) is 0 Å². The third kappa shape index (κ3) is 4.08. The lowest BCUT2D eigenvalue weighted by molar-refractivity contribution is -0.105. The minimum absolute atomic E-state index is 0.0771. The molecule has 132 valence electrons. The van der Waals surface area contributed by atoms with Gasteiger partial charge in [-0.3, -0.25) is 9.59 Å². The van der Waals surface area contributed by atoms with Gasteiger partial charge in [0.25, 0.3) is 5.91 Å². The molecule has 5 nitrogen and oxygen atoms in total. The predicted molar refractivity (Wildman–Crippen MR) is 95.1 cm³/mol. The van der Waals surface area contributed by atoms with Gasteiger partial charge in [-0.25, -0.2) is 0 Å². The Kier molecular flexibility index (Phi) is 5.21. The van der Waals surface area contributed by atoms with Gasteiger partial charge in [0.1, 0.15) is 0 Å². The van der Waals surface area contributed by atoms with Crippen LogP contribution in [0.3, 0.4) is 0 Å². The lowest BCUT2D eigenvalue weighted by Crippen LogP contribution is -2.46. The van der Waals surface area contributed by atoms with E-state index in [-0.39, 0.29) is 39.8 Å². The van der Waals surface area contributed by atoms with Crippen LogP contribution in [-0.2, 0) is 4.79 Å². The average Bonchev–Trinajstić information content (AvgIpc) is 2.47. The quantitative estimate of drug-likeness (QED) is 0.568. The van der Waals surface area contributed by atoms with Gasteiger partial charge in [0.2, 0.25) is 6.41 Å². The minimum atomic E-state index is -0.303. The maximum atomic E-state index is 12.6. The molecule has 1 aromatic rings. The van der Waals surface area contributed by atoms with E-state index >= 15 is 0 Å². The van der Waals surface area contributed by atoms with Gasteiger partial charge in [-0.1, -0.05) is 40.2 Å². The van der Waals surface area contributed by atoms with Crippen LogP contribution in [0, 0.1) is 10.8 Å². The first-order valence-corrected chi connectivity index (χ1v) is 8.53. The lowest BCUT2D eigenvalue weighted by Gasteiger charge is -2.46. The minimum Gasteiger partial charge on any atom is -0.505 e. The molecule has 1 aliphatic carbocycles. The first-order valence-electron chi connectivity index (χ1n) is 8.53. The fourth-order valence-electron chi connectivity index (χ4n) is 4.17. The van der Waals surface area contributed by atoms with Crippen molar-refractivity contribution < 1.29 is 14.7 Å². The maximum Gasteiger partial charge on any atom is 0.255 e. The molecule has 2 rings (SSSR count). The number of nitrogens with one attached hydrogen (secondary N) is 2. The molecule has 1 saturated carbocycles. The molecule has 0 aliphatic heterocycles. The molecule has 5 heteroatoms. The van der Waals surface area contributed by atoms with Crippen molar-refractivity contribution in [3.05, 3.63) is 23.8 Å². The smallest absolute Gasteiger partial charge is 0.255 e. The highest BCUT2D eigenvalue weighted by Gasteiger charge is 2.40. The molecule has 0 saturated heterocycles. The molecular formula is C19H28N2O3. The van der Waals surface area contributed by atoms with E-state index in [1.54, 1.807) is 18.2 Å². The number of para-hydroxylation sites is 1. The van der Waals surface area contributed by atoms with Crippen molar-refractivity contribution in [3.63, 3.8) is 0 Å². The van der Waals surface area contributed by atoms with Gasteiger partial charge in [-0.2, -0.15) is 0 Å². The fraction of sp³-hybridized carbons (Fsp3) is 0.579. The van der Waals surface area contributed by atoms with Crippen LogP contribution >= 0.6 is 0 Å². The van der Waals surface area contributed by atoms with Crippen molar-refractivity contribution >= 4 is 18.0 Å². The van der Waals surface area contributed by atoms with E-state index < -0.39 is 0 Å². The highest BCUT2D eigenvalue weighted by Crippen LogP contribution is 2.47. The van der Waals surface area contributed by atoms with Crippen LogP contribution in [-0.4, -0.2) is 23.5 Å². The van der Waals surface area contributed by atoms with E-state index in [4.69, 9.17) is 0 Å². The van der Waals surface area contributed by atoms with E-state index in [2.05, 4.69) is 38.3 Å². The van der Waals surface area contributed by atoms with Gasteiger partial charge in [-0.05, 0) is 42.2 Å². The Morgan fingerprint density at radius 2 is 2.04 bits per heavy atom. The van der Waals surface area contributed by atoms with Crippen molar-refractivity contribution in [2.45, 2.75) is 59.4 Å². The summed E-state index contributed by atoms with van der Waals surface area (Å²) in [6.07, 6.45) is 4.56. The lowest BCUT2D eigenvalue weighted by atomic mass is 9.61. The van der Waals surface area contributed by atoms with Gasteiger partial charge >= 0.3 is 0 Å². The Balaban J connectivity index is 2.17. The number of carbonyl (C=O) groups is 2. The zero-order valence-corrected chi connectivity index (χ0v) is 15.0. The summed E-state index contributed by atoms with van der Waals surface area (Å²) in [6.45, 7) is 8.95. The summed E-state index contributed by atoms with van der Waals surface area (Å²) in [7, 11) is 0. The molecule has 0 heterocycles. The molecule has 1 aliphatic rings. The van der Waals surface area contributed by atoms with Gasteiger partial charge in [0.15, 0.2) is 5.75 Å². The van der Waals surface area contributed by atoms with Crippen molar-refractivity contribution in [1.82, 2.24) is 5.32 Å². The second-order valence-electron chi connectivity index (χ2n) is 8.05. The summed E-state index contributed by atoms with van der Waals surface area (Å²) in [5.74, 6) is -0.501. The van der Waals surface area contributed by atoms with Crippen LogP contribution < -0.4 is 10.6 Å². The largest absolute Gasteiger partial charge is 0.505 e. The van der Waals surface area contributed by atoms with Crippen molar-refractivity contribution in [3.8, 4) is 5.75 Å². The van der Waals surface area contributed by atoms with Crippen LogP contribution in [0.4, 0.5) is 5.69 Å². The van der Waals surface area contributed by atoms with Crippen LogP contribution in [0.25, 0.3) is 0 Å². The molecule has 0 spiro atoms. The topological polar surface area (TPSA) is 78.4 Å². The molecule has 3 N–H and O–H groups in total. The molecule has 1 fully saturated rings. The Hall–Kier alpha value is -2.04. The Labute approximate surface area is 143 Å². The van der Waals surface area contributed by atoms with E-state index in [0.717, 1.165) is 25.7 Å². The molecule has 2 unspecified atom stereocenters. The number of rotatable bonds is 5. The van der Waals surface area contributed by atoms with Gasteiger partial charge in [0.05, 0.1) is 11.3 Å². The zero-order valence-electron chi connectivity index (χ0n) is 15.0. The average molecular weight is 332 g/mol. The molecule has 0 radical (unpaired) electrons. The van der Waals surface area contributed by atoms with Crippen molar-refractivity contribution in [1.29, 1.82) is 0 Å². The first kappa shape index (κ1) is 18.3. The molecule has 0 aromatic heterocycles. The Morgan fingerprint density at radius 3 is 2.67 bits per heavy atom. The van der Waals surface area contributed by atoms with E-state index in [1.807, 2.05) is 0 Å². The summed E-state index contributed by atoms with van der Waals surface area (Å²) >= 11 is 0. The SMILES string of the molecule is CCC1(C)CC(NC(=O)c2cccc(NC=O)c2O)CC(C)(C)C1. The first-order chi connectivity index (χ1) is 11.2. The molecule has 0 bridgehead atoms. The molecule has 1 aromatic carbocycles. The predicted octanol–water partition coefficient (Wildman–Crippen LogP) is 3.69. The number of phenols is 1.